The number of para-hydroxylation sites is 1. The number of nitrogens with zero attached hydrogens (tertiary/aromatic N) is 1. The maximum Gasteiger partial charge on any atom is 0.272 e. The Morgan fingerprint density at radius 3 is 2.45 bits per heavy atom. The zero-order chi connectivity index (χ0) is 14.3. The van der Waals surface area contributed by atoms with E-state index in [1.54, 1.807) is 0 Å². The lowest BCUT2D eigenvalue weighted by Gasteiger charge is -2.11. The number of amides is 1. The molecule has 1 saturated carbocycles. The van der Waals surface area contributed by atoms with Gasteiger partial charge in [-0.25, -0.2) is 0 Å². The average molecular weight is 463 g/mol. The number of nitrogens with one attached hydrogen (secondary N) is 1. The van der Waals surface area contributed by atoms with Gasteiger partial charge in [-0.15, -0.1) is 0 Å². The summed E-state index contributed by atoms with van der Waals surface area (Å²) in [7, 11) is 0. The van der Waals surface area contributed by atoms with E-state index in [1.807, 2.05) is 35.0 Å². The summed E-state index contributed by atoms with van der Waals surface area (Å²) in [5.41, 5.74) is 1.43. The molecule has 0 spiro atoms. The molecule has 1 aliphatic rings. The monoisotopic (exact) mass is 460 g/mol. The number of carbonyl (C=O) groups is 1. The summed E-state index contributed by atoms with van der Waals surface area (Å²) in [4.78, 5) is 12.5. The molecule has 1 fully saturated rings. The first-order chi connectivity index (χ1) is 9.56. The second-order valence-corrected chi connectivity index (χ2v) is 7.36. The van der Waals surface area contributed by atoms with Crippen LogP contribution in [-0.4, -0.2) is 10.5 Å². The highest BCUT2D eigenvalue weighted by molar-refractivity contribution is 9.11. The van der Waals surface area contributed by atoms with E-state index in [1.165, 1.54) is 0 Å². The van der Waals surface area contributed by atoms with Crippen LogP contribution in [0.1, 0.15) is 29.4 Å². The highest BCUT2D eigenvalue weighted by Crippen LogP contribution is 2.38. The zero-order valence-corrected chi connectivity index (χ0v) is 15.1. The van der Waals surface area contributed by atoms with Gasteiger partial charge in [-0.3, -0.25) is 4.79 Å². The lowest BCUT2D eigenvalue weighted by atomic mass is 10.3. The second-order valence-electron chi connectivity index (χ2n) is 4.73. The van der Waals surface area contributed by atoms with Crippen LogP contribution in [0.25, 0.3) is 0 Å². The van der Waals surface area contributed by atoms with E-state index in [9.17, 15) is 4.79 Å². The fraction of sp³-hybridized carbons (Fsp3) is 0.214. The topological polar surface area (TPSA) is 34.0 Å². The third-order valence-corrected chi connectivity index (χ3v) is 4.94. The van der Waals surface area contributed by atoms with Gasteiger partial charge in [0.1, 0.15) is 5.69 Å². The Hall–Kier alpha value is -0.590. The van der Waals surface area contributed by atoms with Gasteiger partial charge in [0.25, 0.3) is 5.91 Å². The number of rotatable bonds is 3. The van der Waals surface area contributed by atoms with E-state index in [-0.39, 0.29) is 5.91 Å². The Bertz CT molecular complexity index is 657. The predicted octanol–water partition coefficient (Wildman–Crippen LogP) is 5.36. The van der Waals surface area contributed by atoms with Crippen molar-refractivity contribution in [3.05, 3.63) is 49.6 Å². The Kier molecular flexibility index (Phi) is 4.06. The Labute approximate surface area is 142 Å². The molecular formula is C14H11Br3N2O. The first kappa shape index (κ1) is 14.4. The Morgan fingerprint density at radius 2 is 1.85 bits per heavy atom. The molecular weight excluding hydrogens is 452 g/mol. The maximum atomic E-state index is 12.5. The molecule has 1 aromatic heterocycles. The molecule has 0 atom stereocenters. The molecule has 1 heterocycles. The van der Waals surface area contributed by atoms with E-state index in [0.717, 1.165) is 31.9 Å². The van der Waals surface area contributed by atoms with Crippen molar-refractivity contribution >= 4 is 59.4 Å². The van der Waals surface area contributed by atoms with Crippen LogP contribution in [0.15, 0.2) is 43.9 Å². The predicted molar refractivity (Wildman–Crippen MR) is 90.2 cm³/mol. The summed E-state index contributed by atoms with van der Waals surface area (Å²) in [5.74, 6) is -0.102. The fourth-order valence-electron chi connectivity index (χ4n) is 2.08. The summed E-state index contributed by atoms with van der Waals surface area (Å²) >= 11 is 10.3. The normalized spacial score (nSPS) is 14.3. The number of anilines is 1. The molecule has 0 saturated heterocycles. The van der Waals surface area contributed by atoms with Gasteiger partial charge in [-0.1, -0.05) is 6.07 Å². The molecule has 1 aliphatic carbocycles. The van der Waals surface area contributed by atoms with E-state index in [2.05, 4.69) is 53.1 Å². The largest absolute Gasteiger partial charge is 0.339 e. The van der Waals surface area contributed by atoms with E-state index in [4.69, 9.17) is 0 Å². The lowest BCUT2D eigenvalue weighted by Crippen LogP contribution is -2.16. The second kappa shape index (κ2) is 5.66. The minimum atomic E-state index is -0.102. The van der Waals surface area contributed by atoms with Crippen molar-refractivity contribution < 1.29 is 4.79 Å². The van der Waals surface area contributed by atoms with Gasteiger partial charge in [0.15, 0.2) is 0 Å². The lowest BCUT2D eigenvalue weighted by molar-refractivity contribution is 0.101. The quantitative estimate of drug-likeness (QED) is 0.654. The van der Waals surface area contributed by atoms with Gasteiger partial charge in [-0.2, -0.15) is 0 Å². The van der Waals surface area contributed by atoms with Gasteiger partial charge in [0.2, 0.25) is 0 Å². The van der Waals surface area contributed by atoms with Crippen molar-refractivity contribution in [2.24, 2.45) is 0 Å². The minimum absolute atomic E-state index is 0.102. The Balaban J connectivity index is 1.90. The molecule has 0 aliphatic heterocycles. The SMILES string of the molecule is O=C(Nc1c(Br)cccc1Br)c1cc(Br)cn1C1CC1. The van der Waals surface area contributed by atoms with Crippen molar-refractivity contribution in [1.29, 1.82) is 0 Å². The van der Waals surface area contributed by atoms with Crippen LogP contribution >= 0.6 is 47.8 Å². The van der Waals surface area contributed by atoms with Gasteiger partial charge < -0.3 is 9.88 Å². The number of hydrogen-bond acceptors (Lipinski definition) is 1. The number of hydrogen-bond donors (Lipinski definition) is 1. The summed E-state index contributed by atoms with van der Waals surface area (Å²) in [6.45, 7) is 0. The third-order valence-electron chi connectivity index (χ3n) is 3.19. The number of carbonyl (C=O) groups excluding carboxylic acids is 1. The van der Waals surface area contributed by atoms with Gasteiger partial charge in [0, 0.05) is 25.7 Å². The standard InChI is InChI=1S/C14H11Br3N2O/c15-8-6-12(19(7-8)9-4-5-9)14(20)18-13-10(16)2-1-3-11(13)17/h1-3,6-7,9H,4-5H2,(H,18,20). The van der Waals surface area contributed by atoms with Crippen molar-refractivity contribution in [1.82, 2.24) is 4.57 Å². The number of benzene rings is 1. The van der Waals surface area contributed by atoms with E-state index >= 15 is 0 Å². The molecule has 0 bridgehead atoms. The molecule has 3 rings (SSSR count). The summed E-state index contributed by atoms with van der Waals surface area (Å²) < 4.78 is 4.68. The summed E-state index contributed by atoms with van der Waals surface area (Å²) in [5, 5.41) is 2.96. The van der Waals surface area contributed by atoms with Gasteiger partial charge >= 0.3 is 0 Å². The van der Waals surface area contributed by atoms with Gasteiger partial charge in [0.05, 0.1) is 5.69 Å². The third kappa shape index (κ3) is 2.87. The maximum absolute atomic E-state index is 12.5. The molecule has 0 radical (unpaired) electrons. The van der Waals surface area contributed by atoms with Crippen molar-refractivity contribution in [3.63, 3.8) is 0 Å². The number of aromatic nitrogens is 1. The van der Waals surface area contributed by atoms with Crippen LogP contribution in [0.2, 0.25) is 0 Å². The van der Waals surface area contributed by atoms with Crippen LogP contribution in [0.4, 0.5) is 5.69 Å². The van der Waals surface area contributed by atoms with Crippen molar-refractivity contribution in [3.8, 4) is 0 Å². The first-order valence-electron chi connectivity index (χ1n) is 6.19. The highest BCUT2D eigenvalue weighted by atomic mass is 79.9. The average Bonchev–Trinajstić information content (AvgIpc) is 3.17. The highest BCUT2D eigenvalue weighted by Gasteiger charge is 2.28. The molecule has 1 N–H and O–H groups in total. The molecule has 1 aromatic carbocycles. The van der Waals surface area contributed by atoms with Crippen LogP contribution in [-0.2, 0) is 0 Å². The molecule has 0 unspecified atom stereocenters. The van der Waals surface area contributed by atoms with E-state index in [0.29, 0.717) is 11.7 Å². The molecule has 6 heteroatoms. The number of halogens is 3. The van der Waals surface area contributed by atoms with Crippen molar-refractivity contribution in [2.45, 2.75) is 18.9 Å². The fourth-order valence-corrected chi connectivity index (χ4v) is 3.71. The van der Waals surface area contributed by atoms with Crippen LogP contribution in [0, 0.1) is 0 Å². The smallest absolute Gasteiger partial charge is 0.272 e. The van der Waals surface area contributed by atoms with Crippen LogP contribution in [0.5, 0.6) is 0 Å². The molecule has 3 nitrogen and oxygen atoms in total. The molecule has 2 aromatic rings. The van der Waals surface area contributed by atoms with Crippen molar-refractivity contribution in [2.75, 3.05) is 5.32 Å². The van der Waals surface area contributed by atoms with Crippen LogP contribution < -0.4 is 5.32 Å². The summed E-state index contributed by atoms with van der Waals surface area (Å²) in [6.07, 6.45) is 4.25. The molecule has 104 valence electrons. The minimum Gasteiger partial charge on any atom is -0.339 e. The van der Waals surface area contributed by atoms with Gasteiger partial charge in [-0.05, 0) is 78.8 Å². The van der Waals surface area contributed by atoms with Crippen LogP contribution in [0.3, 0.4) is 0 Å². The zero-order valence-electron chi connectivity index (χ0n) is 10.4. The first-order valence-corrected chi connectivity index (χ1v) is 8.57. The molecule has 20 heavy (non-hydrogen) atoms. The summed E-state index contributed by atoms with van der Waals surface area (Å²) in [6, 6.07) is 8.03. The molecule has 1 amide bonds. The van der Waals surface area contributed by atoms with E-state index < -0.39 is 0 Å². The Morgan fingerprint density at radius 1 is 1.20 bits per heavy atom.